The third kappa shape index (κ3) is 4.73. The largest absolute Gasteiger partial charge is 0.389 e. The Labute approximate surface area is 118 Å². The molecule has 1 N–H and O–H groups in total. The van der Waals surface area contributed by atoms with Gasteiger partial charge in [-0.3, -0.25) is 4.90 Å². The summed E-state index contributed by atoms with van der Waals surface area (Å²) < 4.78 is 5.54. The maximum Gasteiger partial charge on any atom is 0.0900 e. The minimum atomic E-state index is -0.308. The number of hydrogen-bond acceptors (Lipinski definition) is 3. The van der Waals surface area contributed by atoms with Crippen molar-refractivity contribution in [3.05, 3.63) is 0 Å². The first kappa shape index (κ1) is 15.3. The molecule has 0 amide bonds. The zero-order valence-corrected chi connectivity index (χ0v) is 12.5. The summed E-state index contributed by atoms with van der Waals surface area (Å²) >= 11 is 0. The third-order valence-electron chi connectivity index (χ3n) is 4.76. The van der Waals surface area contributed by atoms with Crippen LogP contribution in [0.2, 0.25) is 0 Å². The SMILES string of the molecule is CCCCOCC(O)CN1CCC[C@H]2CCCC[C@H]21. The van der Waals surface area contributed by atoms with Crippen molar-refractivity contribution < 1.29 is 9.84 Å². The van der Waals surface area contributed by atoms with Gasteiger partial charge in [-0.05, 0) is 44.6 Å². The third-order valence-corrected chi connectivity index (χ3v) is 4.76. The van der Waals surface area contributed by atoms with Gasteiger partial charge in [0.1, 0.15) is 0 Å². The molecule has 1 heterocycles. The van der Waals surface area contributed by atoms with E-state index in [2.05, 4.69) is 11.8 Å². The molecule has 0 aromatic carbocycles. The van der Waals surface area contributed by atoms with E-state index in [1.807, 2.05) is 0 Å². The van der Waals surface area contributed by atoms with Crippen molar-refractivity contribution in [2.24, 2.45) is 5.92 Å². The minimum absolute atomic E-state index is 0.308. The number of hydrogen-bond donors (Lipinski definition) is 1. The van der Waals surface area contributed by atoms with Crippen LogP contribution in [0.5, 0.6) is 0 Å². The molecule has 0 aromatic rings. The lowest BCUT2D eigenvalue weighted by molar-refractivity contribution is -0.0166. The van der Waals surface area contributed by atoms with Gasteiger partial charge in [-0.2, -0.15) is 0 Å². The molecule has 3 atom stereocenters. The van der Waals surface area contributed by atoms with Crippen LogP contribution >= 0.6 is 0 Å². The van der Waals surface area contributed by atoms with E-state index in [0.29, 0.717) is 6.61 Å². The first-order valence-electron chi connectivity index (χ1n) is 8.31. The van der Waals surface area contributed by atoms with E-state index in [4.69, 9.17) is 4.74 Å². The Kier molecular flexibility index (Phi) is 6.62. The van der Waals surface area contributed by atoms with E-state index in [1.165, 1.54) is 45.1 Å². The van der Waals surface area contributed by atoms with Crippen molar-refractivity contribution >= 4 is 0 Å². The van der Waals surface area contributed by atoms with E-state index in [9.17, 15) is 5.11 Å². The summed E-state index contributed by atoms with van der Waals surface area (Å²) in [6.45, 7) is 5.45. The fourth-order valence-corrected chi connectivity index (χ4v) is 3.74. The van der Waals surface area contributed by atoms with Crippen LogP contribution in [-0.2, 0) is 4.74 Å². The molecule has 3 nitrogen and oxygen atoms in total. The highest BCUT2D eigenvalue weighted by Crippen LogP contribution is 2.35. The van der Waals surface area contributed by atoms with Crippen molar-refractivity contribution in [1.82, 2.24) is 4.90 Å². The Balaban J connectivity index is 1.70. The first-order valence-corrected chi connectivity index (χ1v) is 8.31. The molecule has 3 heteroatoms. The Morgan fingerprint density at radius 1 is 1.21 bits per heavy atom. The van der Waals surface area contributed by atoms with Crippen LogP contribution in [0.4, 0.5) is 0 Å². The van der Waals surface area contributed by atoms with Crippen LogP contribution in [0.1, 0.15) is 58.3 Å². The summed E-state index contributed by atoms with van der Waals surface area (Å²) in [7, 11) is 0. The van der Waals surface area contributed by atoms with Gasteiger partial charge in [0.25, 0.3) is 0 Å². The molecule has 0 spiro atoms. The monoisotopic (exact) mass is 269 g/mol. The molecule has 2 rings (SSSR count). The summed E-state index contributed by atoms with van der Waals surface area (Å²) in [6.07, 6.45) is 10.2. The summed E-state index contributed by atoms with van der Waals surface area (Å²) in [6, 6.07) is 0.743. The van der Waals surface area contributed by atoms with Crippen LogP contribution in [0.25, 0.3) is 0 Å². The number of β-amino-alcohol motifs (C(OH)–C–C–N with tert-alkyl or cyclic N) is 1. The van der Waals surface area contributed by atoms with Crippen molar-refractivity contribution in [2.75, 3.05) is 26.3 Å². The number of likely N-dealkylation sites (tertiary alicyclic amines) is 1. The van der Waals surface area contributed by atoms with Gasteiger partial charge in [0, 0.05) is 19.2 Å². The van der Waals surface area contributed by atoms with E-state index in [-0.39, 0.29) is 6.10 Å². The smallest absolute Gasteiger partial charge is 0.0900 e. The van der Waals surface area contributed by atoms with Crippen LogP contribution in [0.3, 0.4) is 0 Å². The Morgan fingerprint density at radius 2 is 2.00 bits per heavy atom. The molecule has 2 aliphatic rings. The molecule has 19 heavy (non-hydrogen) atoms. The van der Waals surface area contributed by atoms with Gasteiger partial charge in [-0.15, -0.1) is 0 Å². The predicted molar refractivity (Wildman–Crippen MR) is 78.3 cm³/mol. The van der Waals surface area contributed by atoms with Gasteiger partial charge in [-0.25, -0.2) is 0 Å². The predicted octanol–water partition coefficient (Wildman–Crippen LogP) is 2.82. The van der Waals surface area contributed by atoms with E-state index >= 15 is 0 Å². The fraction of sp³-hybridized carbons (Fsp3) is 1.00. The minimum Gasteiger partial charge on any atom is -0.389 e. The van der Waals surface area contributed by atoms with Gasteiger partial charge in [0.15, 0.2) is 0 Å². The second-order valence-corrected chi connectivity index (χ2v) is 6.33. The lowest BCUT2D eigenvalue weighted by atomic mass is 9.78. The van der Waals surface area contributed by atoms with Crippen LogP contribution in [0, 0.1) is 5.92 Å². The maximum absolute atomic E-state index is 10.1. The molecule has 1 unspecified atom stereocenters. The quantitative estimate of drug-likeness (QED) is 0.721. The van der Waals surface area contributed by atoms with Crippen LogP contribution in [-0.4, -0.2) is 48.5 Å². The zero-order valence-electron chi connectivity index (χ0n) is 12.5. The molecule has 0 aromatic heterocycles. The van der Waals surface area contributed by atoms with Crippen LogP contribution in [0.15, 0.2) is 0 Å². The number of aliphatic hydroxyl groups is 1. The second kappa shape index (κ2) is 8.23. The maximum atomic E-state index is 10.1. The number of nitrogens with zero attached hydrogens (tertiary/aromatic N) is 1. The molecule has 1 saturated carbocycles. The summed E-state index contributed by atoms with van der Waals surface area (Å²) in [5.41, 5.74) is 0. The molecule has 1 saturated heterocycles. The highest BCUT2D eigenvalue weighted by molar-refractivity contribution is 4.88. The highest BCUT2D eigenvalue weighted by atomic mass is 16.5. The summed E-state index contributed by atoms with van der Waals surface area (Å²) in [5, 5.41) is 10.1. The van der Waals surface area contributed by atoms with E-state index in [0.717, 1.165) is 38.0 Å². The standard InChI is InChI=1S/C16H31NO2/c1-2-3-11-19-13-15(18)12-17-10-6-8-14-7-4-5-9-16(14)17/h14-16,18H,2-13H2,1H3/t14-,15?,16-/m1/s1. The number of piperidine rings is 1. The molecule has 112 valence electrons. The Morgan fingerprint density at radius 3 is 2.84 bits per heavy atom. The molecule has 1 aliphatic heterocycles. The lowest BCUT2D eigenvalue weighted by Gasteiger charge is -2.44. The Hall–Kier alpha value is -0.120. The summed E-state index contributed by atoms with van der Waals surface area (Å²) in [4.78, 5) is 2.54. The van der Waals surface area contributed by atoms with Gasteiger partial charge in [-0.1, -0.05) is 26.2 Å². The van der Waals surface area contributed by atoms with Gasteiger partial charge < -0.3 is 9.84 Å². The second-order valence-electron chi connectivity index (χ2n) is 6.33. The zero-order chi connectivity index (χ0) is 13.5. The normalized spacial score (nSPS) is 30.0. The topological polar surface area (TPSA) is 32.7 Å². The molecule has 0 bridgehead atoms. The molecular weight excluding hydrogens is 238 g/mol. The molecule has 1 aliphatic carbocycles. The molecular formula is C16H31NO2. The van der Waals surface area contributed by atoms with Crippen LogP contribution < -0.4 is 0 Å². The van der Waals surface area contributed by atoms with Gasteiger partial charge >= 0.3 is 0 Å². The molecule has 2 fully saturated rings. The Bertz CT molecular complexity index is 245. The first-order chi connectivity index (χ1) is 9.31. The summed E-state index contributed by atoms with van der Waals surface area (Å²) in [5.74, 6) is 0.899. The highest BCUT2D eigenvalue weighted by Gasteiger charge is 2.33. The van der Waals surface area contributed by atoms with Crippen molar-refractivity contribution in [2.45, 2.75) is 70.4 Å². The number of aliphatic hydroxyl groups excluding tert-OH is 1. The van der Waals surface area contributed by atoms with Crippen molar-refractivity contribution in [3.8, 4) is 0 Å². The average Bonchev–Trinajstić information content (AvgIpc) is 2.44. The fourth-order valence-electron chi connectivity index (χ4n) is 3.74. The van der Waals surface area contributed by atoms with E-state index in [1.54, 1.807) is 0 Å². The number of ether oxygens (including phenoxy) is 1. The lowest BCUT2D eigenvalue weighted by Crippen LogP contribution is -2.50. The van der Waals surface area contributed by atoms with E-state index < -0.39 is 0 Å². The number of unbranched alkanes of at least 4 members (excludes halogenated alkanes) is 1. The number of fused-ring (bicyclic) bond motifs is 1. The molecule has 0 radical (unpaired) electrons. The van der Waals surface area contributed by atoms with Crippen molar-refractivity contribution in [1.29, 1.82) is 0 Å². The van der Waals surface area contributed by atoms with Gasteiger partial charge in [0.2, 0.25) is 0 Å². The number of rotatable bonds is 7. The van der Waals surface area contributed by atoms with Crippen molar-refractivity contribution in [3.63, 3.8) is 0 Å². The van der Waals surface area contributed by atoms with Gasteiger partial charge in [0.05, 0.1) is 12.7 Å². The average molecular weight is 269 g/mol.